The molecule has 3 nitrogen and oxygen atoms in total. The number of aliphatic hydroxyl groups is 1. The number of phenolic OH excluding ortho intramolecular Hbond substituents is 1. The average Bonchev–Trinajstić information content (AvgIpc) is 2.89. The molecule has 0 saturated carbocycles. The van der Waals surface area contributed by atoms with Gasteiger partial charge < -0.3 is 15.5 Å². The molecule has 3 N–H and O–H groups in total. The summed E-state index contributed by atoms with van der Waals surface area (Å²) in [5, 5.41) is 26.9. The van der Waals surface area contributed by atoms with E-state index in [1.54, 1.807) is 17.4 Å². The largest absolute Gasteiger partial charge is 0.508 e. The molecule has 2 rings (SSSR count). The highest BCUT2D eigenvalue weighted by atomic mass is 32.1. The van der Waals surface area contributed by atoms with Crippen molar-refractivity contribution in [3.8, 4) is 5.75 Å². The zero-order chi connectivity index (χ0) is 13.8. The molecule has 0 radical (unpaired) electrons. The van der Waals surface area contributed by atoms with Gasteiger partial charge in [0.2, 0.25) is 0 Å². The first kappa shape index (κ1) is 14.1. The molecule has 1 atom stereocenters. The van der Waals surface area contributed by atoms with Crippen molar-refractivity contribution < 1.29 is 10.2 Å². The standard InChI is InChI=1S/C15H19NO2S/c1-10-5-13(14(17)6-11(10)2)7-16-8-15(18)12-3-4-19-9-12/h3-6,9,15-18H,7-8H2,1-2H3. The number of phenols is 1. The van der Waals surface area contributed by atoms with E-state index in [2.05, 4.69) is 5.32 Å². The Morgan fingerprint density at radius 1 is 1.26 bits per heavy atom. The third kappa shape index (κ3) is 3.56. The van der Waals surface area contributed by atoms with E-state index in [-0.39, 0.29) is 0 Å². The summed E-state index contributed by atoms with van der Waals surface area (Å²) < 4.78 is 0. The highest BCUT2D eigenvalue weighted by molar-refractivity contribution is 7.07. The second-order valence-corrected chi connectivity index (χ2v) is 5.55. The fraction of sp³-hybridized carbons (Fsp3) is 0.333. The fourth-order valence-electron chi connectivity index (χ4n) is 1.93. The molecule has 0 fully saturated rings. The number of aliphatic hydroxyl groups excluding tert-OH is 1. The van der Waals surface area contributed by atoms with Crippen molar-refractivity contribution in [1.29, 1.82) is 0 Å². The SMILES string of the molecule is Cc1cc(O)c(CNCC(O)c2ccsc2)cc1C. The normalized spacial score (nSPS) is 12.6. The maximum Gasteiger partial charge on any atom is 0.120 e. The number of aromatic hydroxyl groups is 1. The molecule has 0 spiro atoms. The van der Waals surface area contributed by atoms with Gasteiger partial charge in [-0.25, -0.2) is 0 Å². The quantitative estimate of drug-likeness (QED) is 0.787. The molecular weight excluding hydrogens is 258 g/mol. The fourth-order valence-corrected chi connectivity index (χ4v) is 2.64. The Balaban J connectivity index is 1.91. The summed E-state index contributed by atoms with van der Waals surface area (Å²) in [7, 11) is 0. The van der Waals surface area contributed by atoms with Crippen LogP contribution in [0.1, 0.15) is 28.4 Å². The van der Waals surface area contributed by atoms with Crippen molar-refractivity contribution in [3.63, 3.8) is 0 Å². The van der Waals surface area contributed by atoms with E-state index in [0.717, 1.165) is 22.3 Å². The molecule has 1 aromatic heterocycles. The molecule has 0 bridgehead atoms. The number of hydrogen-bond acceptors (Lipinski definition) is 4. The van der Waals surface area contributed by atoms with E-state index < -0.39 is 6.10 Å². The Labute approximate surface area is 117 Å². The zero-order valence-corrected chi connectivity index (χ0v) is 12.0. The van der Waals surface area contributed by atoms with Crippen LogP contribution >= 0.6 is 11.3 Å². The first-order chi connectivity index (χ1) is 9.08. The Morgan fingerprint density at radius 3 is 2.68 bits per heavy atom. The molecule has 2 aromatic rings. The van der Waals surface area contributed by atoms with Gasteiger partial charge in [0.1, 0.15) is 5.75 Å². The number of benzene rings is 1. The Morgan fingerprint density at radius 2 is 2.00 bits per heavy atom. The van der Waals surface area contributed by atoms with E-state index in [4.69, 9.17) is 0 Å². The van der Waals surface area contributed by atoms with Gasteiger partial charge in [-0.05, 0) is 53.4 Å². The maximum absolute atomic E-state index is 9.94. The van der Waals surface area contributed by atoms with E-state index >= 15 is 0 Å². The van der Waals surface area contributed by atoms with Crippen molar-refractivity contribution >= 4 is 11.3 Å². The van der Waals surface area contributed by atoms with Crippen LogP contribution in [0, 0.1) is 13.8 Å². The second kappa shape index (κ2) is 6.19. The lowest BCUT2D eigenvalue weighted by Gasteiger charge is -2.12. The van der Waals surface area contributed by atoms with Crippen molar-refractivity contribution in [2.75, 3.05) is 6.54 Å². The highest BCUT2D eigenvalue weighted by Gasteiger charge is 2.08. The van der Waals surface area contributed by atoms with Gasteiger partial charge >= 0.3 is 0 Å². The minimum Gasteiger partial charge on any atom is -0.508 e. The maximum atomic E-state index is 9.94. The number of thiophene rings is 1. The number of nitrogens with one attached hydrogen (secondary N) is 1. The zero-order valence-electron chi connectivity index (χ0n) is 11.2. The number of rotatable bonds is 5. The van der Waals surface area contributed by atoms with Gasteiger partial charge in [-0.2, -0.15) is 11.3 Å². The van der Waals surface area contributed by atoms with Crippen molar-refractivity contribution in [2.45, 2.75) is 26.5 Å². The summed E-state index contributed by atoms with van der Waals surface area (Å²) in [4.78, 5) is 0. The molecule has 1 unspecified atom stereocenters. The van der Waals surface area contributed by atoms with Crippen LogP contribution in [0.2, 0.25) is 0 Å². The summed E-state index contributed by atoms with van der Waals surface area (Å²) in [6.07, 6.45) is -0.500. The smallest absolute Gasteiger partial charge is 0.120 e. The molecule has 0 aliphatic rings. The molecule has 0 amide bonds. The second-order valence-electron chi connectivity index (χ2n) is 4.77. The van der Waals surface area contributed by atoms with Gasteiger partial charge in [0.15, 0.2) is 0 Å². The van der Waals surface area contributed by atoms with E-state index in [1.165, 1.54) is 0 Å². The van der Waals surface area contributed by atoms with Crippen LogP contribution < -0.4 is 5.32 Å². The first-order valence-electron chi connectivity index (χ1n) is 6.28. The summed E-state index contributed by atoms with van der Waals surface area (Å²) in [6.45, 7) is 5.03. The van der Waals surface area contributed by atoms with Crippen LogP contribution in [0.4, 0.5) is 0 Å². The third-order valence-electron chi connectivity index (χ3n) is 3.28. The van der Waals surface area contributed by atoms with Gasteiger partial charge in [0.05, 0.1) is 6.10 Å². The molecule has 19 heavy (non-hydrogen) atoms. The Kier molecular flexibility index (Phi) is 4.58. The molecule has 102 valence electrons. The molecule has 4 heteroatoms. The first-order valence-corrected chi connectivity index (χ1v) is 7.22. The number of hydrogen-bond donors (Lipinski definition) is 3. The predicted molar refractivity (Wildman–Crippen MR) is 78.6 cm³/mol. The lowest BCUT2D eigenvalue weighted by molar-refractivity contribution is 0.174. The van der Waals surface area contributed by atoms with Gasteiger partial charge in [-0.1, -0.05) is 6.07 Å². The molecular formula is C15H19NO2S. The van der Waals surface area contributed by atoms with Gasteiger partial charge in [-0.3, -0.25) is 0 Å². The molecule has 1 aromatic carbocycles. The monoisotopic (exact) mass is 277 g/mol. The Hall–Kier alpha value is -1.36. The van der Waals surface area contributed by atoms with E-state index in [9.17, 15) is 10.2 Å². The van der Waals surface area contributed by atoms with Gasteiger partial charge in [0, 0.05) is 18.7 Å². The lowest BCUT2D eigenvalue weighted by atomic mass is 10.0. The highest BCUT2D eigenvalue weighted by Crippen LogP contribution is 2.22. The molecule has 0 saturated heterocycles. The van der Waals surface area contributed by atoms with Crippen LogP contribution in [-0.2, 0) is 6.54 Å². The van der Waals surface area contributed by atoms with Gasteiger partial charge in [-0.15, -0.1) is 0 Å². The van der Waals surface area contributed by atoms with Crippen LogP contribution in [0.3, 0.4) is 0 Å². The van der Waals surface area contributed by atoms with E-state index in [1.807, 2.05) is 36.7 Å². The number of aryl methyl sites for hydroxylation is 2. The molecule has 0 aliphatic heterocycles. The minimum atomic E-state index is -0.500. The molecule has 0 aliphatic carbocycles. The van der Waals surface area contributed by atoms with Crippen LogP contribution in [0.15, 0.2) is 29.0 Å². The van der Waals surface area contributed by atoms with Crippen LogP contribution in [0.25, 0.3) is 0 Å². The van der Waals surface area contributed by atoms with Crippen molar-refractivity contribution in [2.24, 2.45) is 0 Å². The minimum absolute atomic E-state index is 0.306. The predicted octanol–water partition coefficient (Wildman–Crippen LogP) is 2.89. The summed E-state index contributed by atoms with van der Waals surface area (Å²) in [6, 6.07) is 5.68. The summed E-state index contributed by atoms with van der Waals surface area (Å²) in [5.74, 6) is 0.306. The summed E-state index contributed by atoms with van der Waals surface area (Å²) in [5.41, 5.74) is 4.04. The Bertz CT molecular complexity index is 537. The van der Waals surface area contributed by atoms with Crippen LogP contribution in [0.5, 0.6) is 5.75 Å². The van der Waals surface area contributed by atoms with E-state index in [0.29, 0.717) is 18.8 Å². The van der Waals surface area contributed by atoms with Gasteiger partial charge in [0.25, 0.3) is 0 Å². The van der Waals surface area contributed by atoms with Crippen molar-refractivity contribution in [1.82, 2.24) is 5.32 Å². The summed E-state index contributed by atoms with van der Waals surface area (Å²) >= 11 is 1.58. The molecule has 1 heterocycles. The lowest BCUT2D eigenvalue weighted by Crippen LogP contribution is -2.20. The average molecular weight is 277 g/mol. The topological polar surface area (TPSA) is 52.5 Å². The third-order valence-corrected chi connectivity index (χ3v) is 3.98. The van der Waals surface area contributed by atoms with Crippen molar-refractivity contribution in [3.05, 3.63) is 51.2 Å². The van der Waals surface area contributed by atoms with Crippen LogP contribution in [-0.4, -0.2) is 16.8 Å².